The molecule has 0 aromatic heterocycles. The zero-order valence-electron chi connectivity index (χ0n) is 11.0. The van der Waals surface area contributed by atoms with E-state index in [0.717, 1.165) is 12.0 Å². The summed E-state index contributed by atoms with van der Waals surface area (Å²) in [6.45, 7) is 2.22. The van der Waals surface area contributed by atoms with E-state index in [2.05, 4.69) is 12.2 Å². The van der Waals surface area contributed by atoms with Gasteiger partial charge in [-0.3, -0.25) is 0 Å². The van der Waals surface area contributed by atoms with Crippen LogP contribution in [0, 0.1) is 5.82 Å². The summed E-state index contributed by atoms with van der Waals surface area (Å²) >= 11 is 0. The standard InChI is InChI=1S/C15H24FN/c1-3-4-5-6-7-12-15(17-2)13-10-8-9-11-14(13)16/h8-11,15,17H,3-7,12H2,1-2H3. The van der Waals surface area contributed by atoms with E-state index in [1.165, 1.54) is 38.2 Å². The second kappa shape index (κ2) is 8.24. The summed E-state index contributed by atoms with van der Waals surface area (Å²) in [7, 11) is 1.91. The van der Waals surface area contributed by atoms with E-state index in [1.807, 2.05) is 19.2 Å². The number of nitrogens with one attached hydrogen (secondary N) is 1. The molecular formula is C15H24FN. The smallest absolute Gasteiger partial charge is 0.127 e. The van der Waals surface area contributed by atoms with Gasteiger partial charge < -0.3 is 5.32 Å². The van der Waals surface area contributed by atoms with Crippen LogP contribution < -0.4 is 5.32 Å². The molecule has 1 aromatic rings. The molecule has 1 nitrogen and oxygen atoms in total. The van der Waals surface area contributed by atoms with Crippen LogP contribution in [0.15, 0.2) is 24.3 Å². The lowest BCUT2D eigenvalue weighted by Gasteiger charge is -2.17. The molecule has 1 N–H and O–H groups in total. The highest BCUT2D eigenvalue weighted by Crippen LogP contribution is 2.22. The molecule has 1 rings (SSSR count). The molecule has 96 valence electrons. The molecule has 0 fully saturated rings. The number of hydrogen-bond donors (Lipinski definition) is 1. The summed E-state index contributed by atoms with van der Waals surface area (Å²) in [5, 5.41) is 3.21. The van der Waals surface area contributed by atoms with Crippen molar-refractivity contribution in [1.82, 2.24) is 5.32 Å². The van der Waals surface area contributed by atoms with Gasteiger partial charge in [0, 0.05) is 11.6 Å². The quantitative estimate of drug-likeness (QED) is 0.659. The van der Waals surface area contributed by atoms with Crippen molar-refractivity contribution in [2.24, 2.45) is 0 Å². The van der Waals surface area contributed by atoms with Gasteiger partial charge in [0.1, 0.15) is 5.82 Å². The van der Waals surface area contributed by atoms with Crippen molar-refractivity contribution in [2.75, 3.05) is 7.05 Å². The molecule has 0 amide bonds. The molecule has 2 heteroatoms. The topological polar surface area (TPSA) is 12.0 Å². The van der Waals surface area contributed by atoms with Crippen molar-refractivity contribution in [1.29, 1.82) is 0 Å². The van der Waals surface area contributed by atoms with Crippen LogP contribution in [0.4, 0.5) is 4.39 Å². The molecule has 0 bridgehead atoms. The lowest BCUT2D eigenvalue weighted by Crippen LogP contribution is -2.17. The monoisotopic (exact) mass is 237 g/mol. The molecule has 0 spiro atoms. The minimum atomic E-state index is -0.0968. The fourth-order valence-electron chi connectivity index (χ4n) is 2.17. The Morgan fingerprint density at radius 1 is 1.12 bits per heavy atom. The van der Waals surface area contributed by atoms with Gasteiger partial charge >= 0.3 is 0 Å². The van der Waals surface area contributed by atoms with Crippen LogP contribution in [0.2, 0.25) is 0 Å². The van der Waals surface area contributed by atoms with Crippen molar-refractivity contribution in [2.45, 2.75) is 51.5 Å². The Bertz CT molecular complexity index is 312. The molecule has 1 unspecified atom stereocenters. The van der Waals surface area contributed by atoms with E-state index in [0.29, 0.717) is 0 Å². The van der Waals surface area contributed by atoms with Crippen LogP contribution in [0.25, 0.3) is 0 Å². The average molecular weight is 237 g/mol. The summed E-state index contributed by atoms with van der Waals surface area (Å²) < 4.78 is 13.6. The minimum Gasteiger partial charge on any atom is -0.313 e. The van der Waals surface area contributed by atoms with Gasteiger partial charge in [-0.15, -0.1) is 0 Å². The second-order valence-electron chi connectivity index (χ2n) is 4.57. The Balaban J connectivity index is 2.41. The molecular weight excluding hydrogens is 213 g/mol. The first-order valence-corrected chi connectivity index (χ1v) is 6.71. The zero-order valence-corrected chi connectivity index (χ0v) is 11.0. The zero-order chi connectivity index (χ0) is 12.5. The summed E-state index contributed by atoms with van der Waals surface area (Å²) in [5.74, 6) is -0.0968. The van der Waals surface area contributed by atoms with Crippen molar-refractivity contribution >= 4 is 0 Å². The van der Waals surface area contributed by atoms with Gasteiger partial charge in [0.05, 0.1) is 0 Å². The van der Waals surface area contributed by atoms with Gasteiger partial charge in [-0.2, -0.15) is 0 Å². The third kappa shape index (κ3) is 4.86. The van der Waals surface area contributed by atoms with E-state index in [-0.39, 0.29) is 11.9 Å². The Hall–Kier alpha value is -0.890. The van der Waals surface area contributed by atoms with Crippen molar-refractivity contribution in [3.63, 3.8) is 0 Å². The average Bonchev–Trinajstić information content (AvgIpc) is 2.35. The highest BCUT2D eigenvalue weighted by Gasteiger charge is 2.12. The third-order valence-corrected chi connectivity index (χ3v) is 3.23. The second-order valence-corrected chi connectivity index (χ2v) is 4.57. The summed E-state index contributed by atoms with van der Waals surface area (Å²) in [6, 6.07) is 7.21. The van der Waals surface area contributed by atoms with E-state index in [1.54, 1.807) is 6.07 Å². The van der Waals surface area contributed by atoms with E-state index < -0.39 is 0 Å². The number of rotatable bonds is 8. The molecule has 0 saturated heterocycles. The maximum atomic E-state index is 13.6. The minimum absolute atomic E-state index is 0.0968. The largest absolute Gasteiger partial charge is 0.313 e. The van der Waals surface area contributed by atoms with Gasteiger partial charge in [0.15, 0.2) is 0 Å². The fourth-order valence-corrected chi connectivity index (χ4v) is 2.17. The summed E-state index contributed by atoms with van der Waals surface area (Å²) in [4.78, 5) is 0. The number of unbranched alkanes of at least 4 members (excludes halogenated alkanes) is 4. The maximum absolute atomic E-state index is 13.6. The SMILES string of the molecule is CCCCCCCC(NC)c1ccccc1F. The van der Waals surface area contributed by atoms with E-state index >= 15 is 0 Å². The first kappa shape index (κ1) is 14.2. The highest BCUT2D eigenvalue weighted by molar-refractivity contribution is 5.20. The number of benzene rings is 1. The lowest BCUT2D eigenvalue weighted by atomic mass is 9.99. The molecule has 1 aromatic carbocycles. The Kier molecular flexibility index (Phi) is 6.87. The predicted molar refractivity (Wildman–Crippen MR) is 71.6 cm³/mol. The normalized spacial score (nSPS) is 12.6. The van der Waals surface area contributed by atoms with Crippen molar-refractivity contribution in [3.8, 4) is 0 Å². The lowest BCUT2D eigenvalue weighted by molar-refractivity contribution is 0.478. The first-order valence-electron chi connectivity index (χ1n) is 6.71. The Morgan fingerprint density at radius 2 is 1.82 bits per heavy atom. The van der Waals surface area contributed by atoms with Gasteiger partial charge in [-0.05, 0) is 19.5 Å². The third-order valence-electron chi connectivity index (χ3n) is 3.23. The molecule has 0 saturated carbocycles. The van der Waals surface area contributed by atoms with Gasteiger partial charge in [0.2, 0.25) is 0 Å². The van der Waals surface area contributed by atoms with Gasteiger partial charge in [-0.25, -0.2) is 4.39 Å². The molecule has 17 heavy (non-hydrogen) atoms. The molecule has 0 heterocycles. The van der Waals surface area contributed by atoms with Crippen molar-refractivity contribution in [3.05, 3.63) is 35.6 Å². The Morgan fingerprint density at radius 3 is 2.47 bits per heavy atom. The van der Waals surface area contributed by atoms with Crippen molar-refractivity contribution < 1.29 is 4.39 Å². The van der Waals surface area contributed by atoms with Crippen LogP contribution in [-0.2, 0) is 0 Å². The molecule has 1 atom stereocenters. The van der Waals surface area contributed by atoms with Crippen LogP contribution in [0.1, 0.15) is 57.1 Å². The molecule has 0 aliphatic heterocycles. The number of halogens is 1. The molecule has 0 aliphatic rings. The van der Waals surface area contributed by atoms with Crippen LogP contribution in [-0.4, -0.2) is 7.05 Å². The van der Waals surface area contributed by atoms with Crippen LogP contribution in [0.3, 0.4) is 0 Å². The van der Waals surface area contributed by atoms with Gasteiger partial charge in [-0.1, -0.05) is 57.2 Å². The predicted octanol–water partition coefficient (Wildman–Crippen LogP) is 4.45. The fraction of sp³-hybridized carbons (Fsp3) is 0.600. The van der Waals surface area contributed by atoms with Crippen LogP contribution in [0.5, 0.6) is 0 Å². The summed E-state index contributed by atoms with van der Waals surface area (Å²) in [5.41, 5.74) is 0.797. The van der Waals surface area contributed by atoms with Gasteiger partial charge in [0.25, 0.3) is 0 Å². The van der Waals surface area contributed by atoms with Crippen LogP contribution >= 0.6 is 0 Å². The Labute approximate surface area is 104 Å². The van der Waals surface area contributed by atoms with E-state index in [9.17, 15) is 4.39 Å². The highest BCUT2D eigenvalue weighted by atomic mass is 19.1. The number of hydrogen-bond acceptors (Lipinski definition) is 1. The van der Waals surface area contributed by atoms with E-state index in [4.69, 9.17) is 0 Å². The maximum Gasteiger partial charge on any atom is 0.127 e. The first-order chi connectivity index (χ1) is 8.29. The molecule has 0 aliphatic carbocycles. The molecule has 0 radical (unpaired) electrons. The summed E-state index contributed by atoms with van der Waals surface area (Å²) in [6.07, 6.45) is 7.30.